The van der Waals surface area contributed by atoms with Gasteiger partial charge in [0.2, 0.25) is 5.91 Å². The predicted octanol–water partition coefficient (Wildman–Crippen LogP) is -0.124. The van der Waals surface area contributed by atoms with Crippen LogP contribution in [0.1, 0.15) is 6.42 Å². The minimum atomic E-state index is -0.890. The van der Waals surface area contributed by atoms with E-state index in [1.165, 1.54) is 11.8 Å². The fourth-order valence-corrected chi connectivity index (χ4v) is 3.65. The van der Waals surface area contributed by atoms with Crippen molar-refractivity contribution in [2.75, 3.05) is 12.3 Å². The topological polar surface area (TPSA) is 83.6 Å². The molecule has 2 saturated heterocycles. The first-order valence-electron chi connectivity index (χ1n) is 5.04. The van der Waals surface area contributed by atoms with Gasteiger partial charge in [-0.15, -0.1) is 18.3 Å². The molecule has 2 heterocycles. The van der Waals surface area contributed by atoms with E-state index < -0.39 is 17.4 Å². The fourth-order valence-electron chi connectivity index (χ4n) is 2.15. The average Bonchev–Trinajstić information content (AvgIpc) is 2.28. The summed E-state index contributed by atoms with van der Waals surface area (Å²) in [5.74, 6) is -0.533. The number of nitrogens with zero attached hydrogens (tertiary/aromatic N) is 1. The van der Waals surface area contributed by atoms with Gasteiger partial charge in [-0.25, -0.2) is 0 Å². The van der Waals surface area contributed by atoms with Crippen LogP contribution in [0.25, 0.3) is 0 Å². The quantitative estimate of drug-likeness (QED) is 0.532. The summed E-state index contributed by atoms with van der Waals surface area (Å²) in [6, 6.07) is -0.458. The molecule has 0 aromatic rings. The number of fused-ring (bicyclic) bond motifs is 1. The minimum Gasteiger partial charge on any atom is -0.481 e. The number of hydrogen-bond acceptors (Lipinski definition) is 4. The Bertz CT molecular complexity index is 360. The lowest BCUT2D eigenvalue weighted by molar-refractivity contribution is -0.156. The average molecular weight is 242 g/mol. The lowest BCUT2D eigenvalue weighted by atomic mass is 9.84. The number of carboxylic acid groups (broad SMARTS) is 1. The number of carboxylic acids is 1. The van der Waals surface area contributed by atoms with Gasteiger partial charge in [-0.1, -0.05) is 6.08 Å². The molecule has 3 N–H and O–H groups in total. The van der Waals surface area contributed by atoms with E-state index in [9.17, 15) is 14.7 Å². The summed E-state index contributed by atoms with van der Waals surface area (Å²) in [5.41, 5.74) is 4.75. The molecular formula is C10H14N2O3S. The number of carbonyl (C=O) groups is 2. The van der Waals surface area contributed by atoms with Gasteiger partial charge in [-0.3, -0.25) is 9.59 Å². The molecule has 6 heteroatoms. The molecule has 2 rings (SSSR count). The molecule has 2 unspecified atom stereocenters. The van der Waals surface area contributed by atoms with Crippen molar-refractivity contribution in [2.24, 2.45) is 11.1 Å². The predicted molar refractivity (Wildman–Crippen MR) is 60.8 cm³/mol. The van der Waals surface area contributed by atoms with Crippen LogP contribution < -0.4 is 5.73 Å². The van der Waals surface area contributed by atoms with Gasteiger partial charge in [-0.05, 0) is 6.42 Å². The van der Waals surface area contributed by atoms with Gasteiger partial charge in [-0.2, -0.15) is 0 Å². The first kappa shape index (κ1) is 11.5. The molecule has 2 fully saturated rings. The van der Waals surface area contributed by atoms with Crippen molar-refractivity contribution in [1.82, 2.24) is 4.90 Å². The van der Waals surface area contributed by atoms with Gasteiger partial charge in [0.15, 0.2) is 0 Å². The molecule has 0 spiro atoms. The molecule has 5 nitrogen and oxygen atoms in total. The van der Waals surface area contributed by atoms with E-state index in [0.717, 1.165) is 0 Å². The number of aliphatic carboxylic acids is 1. The van der Waals surface area contributed by atoms with Crippen LogP contribution in [0.2, 0.25) is 0 Å². The normalized spacial score (nSPS) is 37.6. The Kier molecular flexibility index (Phi) is 2.71. The van der Waals surface area contributed by atoms with Crippen molar-refractivity contribution in [1.29, 1.82) is 0 Å². The maximum Gasteiger partial charge on any atom is 0.312 e. The number of amides is 1. The number of carbonyl (C=O) groups excluding carboxylic acids is 1. The van der Waals surface area contributed by atoms with E-state index in [-0.39, 0.29) is 17.8 Å². The van der Waals surface area contributed by atoms with E-state index in [2.05, 4.69) is 6.58 Å². The molecule has 0 bridgehead atoms. The smallest absolute Gasteiger partial charge is 0.312 e. The summed E-state index contributed by atoms with van der Waals surface area (Å²) < 4.78 is 0. The zero-order valence-corrected chi connectivity index (χ0v) is 9.57. The van der Waals surface area contributed by atoms with Crippen molar-refractivity contribution in [3.05, 3.63) is 12.7 Å². The summed E-state index contributed by atoms with van der Waals surface area (Å²) in [4.78, 5) is 24.3. The molecule has 16 heavy (non-hydrogen) atoms. The third-order valence-electron chi connectivity index (χ3n) is 3.17. The Morgan fingerprint density at radius 2 is 2.50 bits per heavy atom. The molecule has 2 aliphatic heterocycles. The highest BCUT2D eigenvalue weighted by molar-refractivity contribution is 8.00. The zero-order valence-electron chi connectivity index (χ0n) is 8.76. The highest BCUT2D eigenvalue weighted by Gasteiger charge is 2.55. The first-order valence-corrected chi connectivity index (χ1v) is 6.09. The Balaban J connectivity index is 2.17. The molecule has 0 aromatic carbocycles. The fraction of sp³-hybridized carbons (Fsp3) is 0.600. The molecule has 0 aromatic heterocycles. The summed E-state index contributed by atoms with van der Waals surface area (Å²) in [6.07, 6.45) is 1.97. The lowest BCUT2D eigenvalue weighted by Gasteiger charge is -2.52. The Morgan fingerprint density at radius 3 is 3.06 bits per heavy atom. The van der Waals surface area contributed by atoms with Gasteiger partial charge in [0.1, 0.15) is 11.4 Å². The van der Waals surface area contributed by atoms with E-state index in [0.29, 0.717) is 12.2 Å². The van der Waals surface area contributed by atoms with Crippen molar-refractivity contribution in [2.45, 2.75) is 17.8 Å². The van der Waals surface area contributed by atoms with Crippen molar-refractivity contribution in [3.63, 3.8) is 0 Å². The number of nitrogens with two attached hydrogens (primary N) is 1. The number of allylic oxidation sites excluding steroid dienone is 1. The number of rotatable bonds is 3. The minimum absolute atomic E-state index is 0.0372. The van der Waals surface area contributed by atoms with E-state index in [1.54, 1.807) is 11.0 Å². The number of thioether (sulfide) groups is 1. The van der Waals surface area contributed by atoms with Crippen LogP contribution in [0, 0.1) is 5.41 Å². The molecule has 0 radical (unpaired) electrons. The Morgan fingerprint density at radius 1 is 1.81 bits per heavy atom. The van der Waals surface area contributed by atoms with Crippen LogP contribution in [-0.4, -0.2) is 45.6 Å². The second kappa shape index (κ2) is 3.78. The van der Waals surface area contributed by atoms with E-state index in [4.69, 9.17) is 5.73 Å². The van der Waals surface area contributed by atoms with Crippen molar-refractivity contribution >= 4 is 23.6 Å². The molecule has 88 valence electrons. The standard InChI is InChI=1S/C10H14N2O3S/c1-2-3-10(9(14)15)4-12-7(13)6(11)8(12)16-5-10/h2,6,8H,1,3-5,11H2,(H,14,15)/t6?,8-,10?/m1/s1. The molecule has 0 saturated carbocycles. The van der Waals surface area contributed by atoms with Crippen molar-refractivity contribution < 1.29 is 14.7 Å². The maximum atomic E-state index is 11.5. The summed E-state index contributed by atoms with van der Waals surface area (Å²) in [5, 5.41) is 9.23. The third kappa shape index (κ3) is 1.44. The molecule has 2 aliphatic rings. The highest BCUT2D eigenvalue weighted by Crippen LogP contribution is 2.43. The second-order valence-corrected chi connectivity index (χ2v) is 5.38. The van der Waals surface area contributed by atoms with Gasteiger partial charge < -0.3 is 15.7 Å². The van der Waals surface area contributed by atoms with Crippen LogP contribution in [0.15, 0.2) is 12.7 Å². The largest absolute Gasteiger partial charge is 0.481 e. The SMILES string of the molecule is C=CCC1(C(=O)O)CS[C@@H]2C(N)C(=O)N2C1. The Hall–Kier alpha value is -1.01. The van der Waals surface area contributed by atoms with Crippen LogP contribution in [0.3, 0.4) is 0 Å². The van der Waals surface area contributed by atoms with Gasteiger partial charge in [0.25, 0.3) is 0 Å². The zero-order chi connectivity index (χ0) is 11.9. The summed E-state index contributed by atoms with van der Waals surface area (Å²) in [7, 11) is 0. The monoisotopic (exact) mass is 242 g/mol. The lowest BCUT2D eigenvalue weighted by Crippen LogP contribution is -2.72. The second-order valence-electron chi connectivity index (χ2n) is 4.27. The van der Waals surface area contributed by atoms with Crippen molar-refractivity contribution in [3.8, 4) is 0 Å². The molecule has 3 atom stereocenters. The first-order chi connectivity index (χ1) is 7.52. The summed E-state index contributed by atoms with van der Waals surface area (Å²) in [6.45, 7) is 3.83. The highest BCUT2D eigenvalue weighted by atomic mass is 32.2. The summed E-state index contributed by atoms with van der Waals surface area (Å²) >= 11 is 1.45. The van der Waals surface area contributed by atoms with Gasteiger partial charge in [0.05, 0.1) is 5.41 Å². The van der Waals surface area contributed by atoms with E-state index >= 15 is 0 Å². The van der Waals surface area contributed by atoms with Crippen LogP contribution in [-0.2, 0) is 9.59 Å². The van der Waals surface area contributed by atoms with Crippen LogP contribution in [0.4, 0.5) is 0 Å². The molecule has 1 amide bonds. The number of hydrogen-bond donors (Lipinski definition) is 2. The molecular weight excluding hydrogens is 228 g/mol. The van der Waals surface area contributed by atoms with E-state index in [1.807, 2.05) is 0 Å². The molecule has 0 aliphatic carbocycles. The number of β-lactam (4-membered cyclic amide) rings is 1. The van der Waals surface area contributed by atoms with Crippen LogP contribution >= 0.6 is 11.8 Å². The Labute approximate surface area is 97.7 Å². The third-order valence-corrected chi connectivity index (χ3v) is 4.78. The maximum absolute atomic E-state index is 11.5. The van der Waals surface area contributed by atoms with Gasteiger partial charge in [0, 0.05) is 12.3 Å². The van der Waals surface area contributed by atoms with Crippen LogP contribution in [0.5, 0.6) is 0 Å². The van der Waals surface area contributed by atoms with Gasteiger partial charge >= 0.3 is 5.97 Å².